The molecule has 0 aliphatic heterocycles. The molecule has 0 spiro atoms. The number of nitrogens with two attached hydrogens (primary N) is 1. The van der Waals surface area contributed by atoms with Gasteiger partial charge in [-0.25, -0.2) is 5.14 Å². The number of fused-ring (bicyclic) bond motifs is 1. The Morgan fingerprint density at radius 3 is 2.80 bits per heavy atom. The largest absolute Gasteiger partial charge is 0.274 e. The van der Waals surface area contributed by atoms with Crippen LogP contribution in [0.3, 0.4) is 0 Å². The van der Waals surface area contributed by atoms with Crippen molar-refractivity contribution in [1.82, 2.24) is 4.72 Å². The van der Waals surface area contributed by atoms with E-state index < -0.39 is 10.2 Å². The van der Waals surface area contributed by atoms with Gasteiger partial charge in [0.25, 0.3) is 10.2 Å². The highest BCUT2D eigenvalue weighted by Crippen LogP contribution is 2.29. The molecule has 2 rings (SSSR count). The third-order valence-electron chi connectivity index (χ3n) is 2.68. The monoisotopic (exact) mass is 226 g/mol. The van der Waals surface area contributed by atoms with Crippen LogP contribution in [-0.2, 0) is 16.6 Å². The second kappa shape index (κ2) is 3.92. The molecular formula is C10H14N2O2S. The van der Waals surface area contributed by atoms with E-state index in [0.29, 0.717) is 0 Å². The van der Waals surface area contributed by atoms with Crippen LogP contribution in [0.4, 0.5) is 0 Å². The first-order valence-corrected chi connectivity index (χ1v) is 6.49. The highest BCUT2D eigenvalue weighted by Gasteiger charge is 2.22. The number of benzene rings is 1. The maximum Gasteiger partial charge on any atom is 0.274 e. The van der Waals surface area contributed by atoms with E-state index in [1.807, 2.05) is 24.3 Å². The van der Waals surface area contributed by atoms with Crippen molar-refractivity contribution in [2.75, 3.05) is 0 Å². The van der Waals surface area contributed by atoms with Gasteiger partial charge >= 0.3 is 0 Å². The lowest BCUT2D eigenvalue weighted by molar-refractivity contribution is 0.508. The summed E-state index contributed by atoms with van der Waals surface area (Å²) in [4.78, 5) is 0. The minimum absolute atomic E-state index is 0.162. The highest BCUT2D eigenvalue weighted by atomic mass is 32.2. The average molecular weight is 226 g/mol. The predicted molar refractivity (Wildman–Crippen MR) is 58.4 cm³/mol. The van der Waals surface area contributed by atoms with Crippen molar-refractivity contribution in [3.8, 4) is 0 Å². The fourth-order valence-electron chi connectivity index (χ4n) is 2.07. The normalized spacial score (nSPS) is 21.0. The van der Waals surface area contributed by atoms with Crippen LogP contribution in [-0.4, -0.2) is 8.42 Å². The van der Waals surface area contributed by atoms with Gasteiger partial charge in [-0.15, -0.1) is 0 Å². The molecule has 0 unspecified atom stereocenters. The van der Waals surface area contributed by atoms with Gasteiger partial charge in [0.2, 0.25) is 0 Å². The van der Waals surface area contributed by atoms with Crippen molar-refractivity contribution in [1.29, 1.82) is 0 Å². The Hall–Kier alpha value is -0.910. The van der Waals surface area contributed by atoms with Crippen LogP contribution >= 0.6 is 0 Å². The minimum atomic E-state index is -3.62. The Labute approximate surface area is 89.7 Å². The molecule has 1 aromatic rings. The van der Waals surface area contributed by atoms with Gasteiger partial charge in [-0.2, -0.15) is 13.1 Å². The minimum Gasteiger partial charge on any atom is -0.216 e. The zero-order valence-corrected chi connectivity index (χ0v) is 9.13. The molecule has 3 N–H and O–H groups in total. The molecule has 0 heterocycles. The molecule has 0 fully saturated rings. The Balaban J connectivity index is 2.30. The van der Waals surface area contributed by atoms with E-state index in [4.69, 9.17) is 5.14 Å². The van der Waals surface area contributed by atoms with Gasteiger partial charge in [0.1, 0.15) is 0 Å². The quantitative estimate of drug-likeness (QED) is 0.785. The van der Waals surface area contributed by atoms with Gasteiger partial charge in [-0.05, 0) is 30.4 Å². The lowest BCUT2D eigenvalue weighted by Gasteiger charge is -2.25. The van der Waals surface area contributed by atoms with E-state index in [1.54, 1.807) is 0 Å². The van der Waals surface area contributed by atoms with Crippen molar-refractivity contribution in [3.05, 3.63) is 35.4 Å². The van der Waals surface area contributed by atoms with Crippen molar-refractivity contribution in [2.45, 2.75) is 25.3 Å². The molecule has 1 atom stereocenters. The number of nitrogens with one attached hydrogen (secondary N) is 1. The van der Waals surface area contributed by atoms with Crippen LogP contribution in [0.15, 0.2) is 24.3 Å². The zero-order chi connectivity index (χ0) is 10.9. The van der Waals surface area contributed by atoms with E-state index in [2.05, 4.69) is 4.72 Å². The second-order valence-corrected chi connectivity index (χ2v) is 5.13. The summed E-state index contributed by atoms with van der Waals surface area (Å²) in [7, 11) is -3.62. The second-order valence-electron chi connectivity index (χ2n) is 3.81. The van der Waals surface area contributed by atoms with E-state index in [1.165, 1.54) is 5.56 Å². The first kappa shape index (κ1) is 10.6. The Kier molecular flexibility index (Phi) is 2.77. The van der Waals surface area contributed by atoms with Gasteiger partial charge < -0.3 is 0 Å². The van der Waals surface area contributed by atoms with Crippen molar-refractivity contribution in [2.24, 2.45) is 5.14 Å². The maximum absolute atomic E-state index is 11.0. The van der Waals surface area contributed by atoms with E-state index in [-0.39, 0.29) is 6.04 Å². The molecule has 0 saturated heterocycles. The van der Waals surface area contributed by atoms with Crippen LogP contribution in [0.5, 0.6) is 0 Å². The summed E-state index contributed by atoms with van der Waals surface area (Å²) in [6.45, 7) is 0. The van der Waals surface area contributed by atoms with Crippen LogP contribution < -0.4 is 9.86 Å². The summed E-state index contributed by atoms with van der Waals surface area (Å²) in [6, 6.07) is 7.72. The van der Waals surface area contributed by atoms with Crippen LogP contribution in [0.2, 0.25) is 0 Å². The average Bonchev–Trinajstić information content (AvgIpc) is 2.16. The van der Waals surface area contributed by atoms with Crippen molar-refractivity contribution in [3.63, 3.8) is 0 Å². The number of aryl methyl sites for hydroxylation is 1. The van der Waals surface area contributed by atoms with Gasteiger partial charge in [0.15, 0.2) is 0 Å². The summed E-state index contributed by atoms with van der Waals surface area (Å²) in [5.41, 5.74) is 2.27. The molecule has 0 bridgehead atoms. The van der Waals surface area contributed by atoms with Crippen LogP contribution in [0.25, 0.3) is 0 Å². The van der Waals surface area contributed by atoms with Gasteiger partial charge in [0.05, 0.1) is 0 Å². The lowest BCUT2D eigenvalue weighted by Crippen LogP contribution is -2.35. The molecule has 1 aromatic carbocycles. The lowest BCUT2D eigenvalue weighted by atomic mass is 9.88. The SMILES string of the molecule is NS(=O)(=O)N[C@@H]1CCCc2ccccc21. The van der Waals surface area contributed by atoms with E-state index in [0.717, 1.165) is 24.8 Å². The Morgan fingerprint density at radius 1 is 1.33 bits per heavy atom. The molecule has 0 saturated carbocycles. The fraction of sp³-hybridized carbons (Fsp3) is 0.400. The standard InChI is InChI=1S/C10H14N2O2S/c11-15(13,14)12-10-7-3-5-8-4-1-2-6-9(8)10/h1-2,4,6,10,12H,3,5,7H2,(H2,11,13,14)/t10-/m1/s1. The van der Waals surface area contributed by atoms with Crippen molar-refractivity contribution >= 4 is 10.2 Å². The first-order chi connectivity index (χ1) is 7.06. The fourth-order valence-corrected chi connectivity index (χ4v) is 2.72. The smallest absolute Gasteiger partial charge is 0.216 e. The molecule has 1 aliphatic rings. The maximum atomic E-state index is 11.0. The summed E-state index contributed by atoms with van der Waals surface area (Å²) in [5, 5.41) is 4.98. The molecule has 4 nitrogen and oxygen atoms in total. The van der Waals surface area contributed by atoms with E-state index >= 15 is 0 Å². The third-order valence-corrected chi connectivity index (χ3v) is 3.29. The Morgan fingerprint density at radius 2 is 2.07 bits per heavy atom. The summed E-state index contributed by atoms with van der Waals surface area (Å²) < 4.78 is 24.4. The van der Waals surface area contributed by atoms with Gasteiger partial charge in [-0.1, -0.05) is 24.3 Å². The zero-order valence-electron chi connectivity index (χ0n) is 8.31. The molecule has 82 valence electrons. The number of hydrogen-bond acceptors (Lipinski definition) is 2. The molecule has 1 aliphatic carbocycles. The molecule has 15 heavy (non-hydrogen) atoms. The van der Waals surface area contributed by atoms with Crippen molar-refractivity contribution < 1.29 is 8.42 Å². The molecule has 5 heteroatoms. The highest BCUT2D eigenvalue weighted by molar-refractivity contribution is 7.87. The summed E-state index contributed by atoms with van der Waals surface area (Å²) in [5.74, 6) is 0. The topological polar surface area (TPSA) is 72.2 Å². The molecular weight excluding hydrogens is 212 g/mol. The van der Waals surface area contributed by atoms with E-state index in [9.17, 15) is 8.42 Å². The molecule has 0 aromatic heterocycles. The van der Waals surface area contributed by atoms with Gasteiger partial charge in [-0.3, -0.25) is 0 Å². The summed E-state index contributed by atoms with van der Waals surface area (Å²) >= 11 is 0. The number of rotatable bonds is 2. The van der Waals surface area contributed by atoms with Crippen LogP contribution in [0, 0.1) is 0 Å². The number of hydrogen-bond donors (Lipinski definition) is 2. The molecule has 0 radical (unpaired) electrons. The van der Waals surface area contributed by atoms with Gasteiger partial charge in [0, 0.05) is 6.04 Å². The molecule has 0 amide bonds. The Bertz CT molecular complexity index is 456. The van der Waals surface area contributed by atoms with Crippen LogP contribution in [0.1, 0.15) is 30.0 Å². The third kappa shape index (κ3) is 2.56. The first-order valence-electron chi connectivity index (χ1n) is 4.94. The summed E-state index contributed by atoms with van der Waals surface area (Å²) in [6.07, 6.45) is 2.82. The predicted octanol–water partition coefficient (Wildman–Crippen LogP) is 0.857.